The molecule has 0 aliphatic heterocycles. The number of hydrogen-bond acceptors (Lipinski definition) is 7. The van der Waals surface area contributed by atoms with E-state index < -0.39 is 9.84 Å². The topological polar surface area (TPSA) is 95.2 Å². The van der Waals surface area contributed by atoms with Crippen molar-refractivity contribution < 1.29 is 8.42 Å². The number of thiazole rings is 1. The Morgan fingerprint density at radius 2 is 2.24 bits per heavy atom. The highest BCUT2D eigenvalue weighted by Gasteiger charge is 2.13. The molecule has 8 heteroatoms. The molecule has 0 spiro atoms. The van der Waals surface area contributed by atoms with Gasteiger partial charge in [-0.25, -0.2) is 13.4 Å². The summed E-state index contributed by atoms with van der Waals surface area (Å²) in [5, 5.41) is 15.6. The van der Waals surface area contributed by atoms with Crippen molar-refractivity contribution in [2.24, 2.45) is 5.10 Å². The third-order valence-corrected chi connectivity index (χ3v) is 4.54. The monoisotopic (exact) mass is 320 g/mol. The highest BCUT2D eigenvalue weighted by molar-refractivity contribution is 7.90. The van der Waals surface area contributed by atoms with Crippen LogP contribution in [0.4, 0.5) is 5.13 Å². The molecule has 0 aliphatic rings. The van der Waals surface area contributed by atoms with Crippen LogP contribution in [0.15, 0.2) is 33.6 Å². The van der Waals surface area contributed by atoms with Crippen LogP contribution >= 0.6 is 11.3 Å². The zero-order valence-corrected chi connectivity index (χ0v) is 13.0. The molecule has 1 aromatic heterocycles. The number of hydrazone groups is 1. The van der Waals surface area contributed by atoms with Crippen LogP contribution in [-0.2, 0) is 9.84 Å². The summed E-state index contributed by atoms with van der Waals surface area (Å²) in [6, 6.07) is 6.36. The van der Waals surface area contributed by atoms with Crippen molar-refractivity contribution in [3.8, 4) is 6.07 Å². The molecule has 0 amide bonds. The molecule has 0 fully saturated rings. The van der Waals surface area contributed by atoms with Crippen molar-refractivity contribution in [1.29, 1.82) is 5.26 Å². The molecule has 0 radical (unpaired) electrons. The molecule has 2 aromatic rings. The lowest BCUT2D eigenvalue weighted by molar-refractivity contribution is 0.601. The maximum atomic E-state index is 11.5. The zero-order valence-electron chi connectivity index (χ0n) is 11.4. The molecule has 0 atom stereocenters. The Kier molecular flexibility index (Phi) is 4.35. The number of anilines is 1. The maximum Gasteiger partial charge on any atom is 0.203 e. The van der Waals surface area contributed by atoms with Crippen molar-refractivity contribution in [3.63, 3.8) is 0 Å². The van der Waals surface area contributed by atoms with Gasteiger partial charge in [0.2, 0.25) is 5.13 Å². The molecule has 21 heavy (non-hydrogen) atoms. The van der Waals surface area contributed by atoms with Gasteiger partial charge < -0.3 is 0 Å². The fraction of sp³-hybridized carbons (Fsp3) is 0.154. The molecule has 0 unspecified atom stereocenters. The Hall–Kier alpha value is -2.24. The fourth-order valence-electron chi connectivity index (χ4n) is 1.61. The molecule has 2 rings (SSSR count). The number of sulfone groups is 1. The van der Waals surface area contributed by atoms with Gasteiger partial charge in [0.25, 0.3) is 0 Å². The minimum atomic E-state index is -3.41. The summed E-state index contributed by atoms with van der Waals surface area (Å²) in [7, 11) is -3.41. The summed E-state index contributed by atoms with van der Waals surface area (Å²) >= 11 is 1.43. The predicted octanol–water partition coefficient (Wildman–Crippen LogP) is 2.17. The average molecular weight is 320 g/mol. The Balaban J connectivity index is 2.20. The molecule has 1 aromatic carbocycles. The van der Waals surface area contributed by atoms with E-state index in [1.165, 1.54) is 29.7 Å². The van der Waals surface area contributed by atoms with Gasteiger partial charge in [0.15, 0.2) is 9.84 Å². The first-order valence-corrected chi connectivity index (χ1v) is 8.62. The van der Waals surface area contributed by atoms with E-state index in [2.05, 4.69) is 15.5 Å². The number of nitrogens with one attached hydrogen (secondary N) is 1. The largest absolute Gasteiger partial charge is 0.253 e. The minimum Gasteiger partial charge on any atom is -0.253 e. The molecule has 0 saturated carbocycles. The highest BCUT2D eigenvalue weighted by Crippen LogP contribution is 2.17. The molecule has 6 nitrogen and oxygen atoms in total. The molecular weight excluding hydrogens is 308 g/mol. The third kappa shape index (κ3) is 3.87. The fourth-order valence-corrected chi connectivity index (χ4v) is 3.06. The number of benzene rings is 1. The van der Waals surface area contributed by atoms with E-state index in [0.717, 1.165) is 11.9 Å². The van der Waals surface area contributed by atoms with Crippen LogP contribution in [0.5, 0.6) is 0 Å². The lowest BCUT2D eigenvalue weighted by Gasteiger charge is -2.02. The van der Waals surface area contributed by atoms with Gasteiger partial charge >= 0.3 is 0 Å². The summed E-state index contributed by atoms with van der Waals surface area (Å²) in [6.07, 6.45) is 2.58. The SMILES string of the molecule is Cc1csc(NN=Cc2ccc(S(C)(=O)=O)c(C#N)c2)n1. The number of hydrogen-bond donors (Lipinski definition) is 1. The number of aromatic nitrogens is 1. The standard InChI is InChI=1S/C13H12N4O2S2/c1-9-8-20-13(16-9)17-15-7-10-3-4-12(21(2,18)19)11(5-10)6-14/h3-5,7-8H,1-2H3,(H,16,17). The van der Waals surface area contributed by atoms with E-state index in [0.29, 0.717) is 10.7 Å². The summed E-state index contributed by atoms with van der Waals surface area (Å²) in [4.78, 5) is 4.20. The van der Waals surface area contributed by atoms with Crippen molar-refractivity contribution in [3.05, 3.63) is 40.4 Å². The lowest BCUT2D eigenvalue weighted by Crippen LogP contribution is -2.01. The van der Waals surface area contributed by atoms with Crippen LogP contribution < -0.4 is 5.43 Å². The van der Waals surface area contributed by atoms with Crippen molar-refractivity contribution in [2.75, 3.05) is 11.7 Å². The quantitative estimate of drug-likeness (QED) is 0.688. The van der Waals surface area contributed by atoms with E-state index in [1.54, 1.807) is 6.07 Å². The number of rotatable bonds is 4. The smallest absolute Gasteiger partial charge is 0.203 e. The van der Waals surface area contributed by atoms with Gasteiger partial charge in [0.1, 0.15) is 6.07 Å². The Morgan fingerprint density at radius 1 is 1.48 bits per heavy atom. The minimum absolute atomic E-state index is 0.0191. The summed E-state index contributed by atoms with van der Waals surface area (Å²) in [6.45, 7) is 1.88. The third-order valence-electron chi connectivity index (χ3n) is 2.52. The van der Waals surface area contributed by atoms with Gasteiger partial charge in [-0.1, -0.05) is 6.07 Å². The molecule has 0 aliphatic carbocycles. The normalized spacial score (nSPS) is 11.5. The summed E-state index contributed by atoms with van der Waals surface area (Å²) in [5.41, 5.74) is 4.40. The molecule has 108 valence electrons. The van der Waals surface area contributed by atoms with E-state index in [1.807, 2.05) is 18.4 Å². The van der Waals surface area contributed by atoms with Gasteiger partial charge in [-0.3, -0.25) is 5.43 Å². The molecule has 1 heterocycles. The van der Waals surface area contributed by atoms with Gasteiger partial charge in [-0.2, -0.15) is 10.4 Å². The van der Waals surface area contributed by atoms with Crippen LogP contribution in [-0.4, -0.2) is 25.9 Å². The molecule has 0 saturated heterocycles. The predicted molar refractivity (Wildman–Crippen MR) is 82.3 cm³/mol. The first kappa shape index (κ1) is 15.2. The average Bonchev–Trinajstić information content (AvgIpc) is 2.83. The lowest BCUT2D eigenvalue weighted by atomic mass is 10.1. The summed E-state index contributed by atoms with van der Waals surface area (Å²) < 4.78 is 23.0. The maximum absolute atomic E-state index is 11.5. The van der Waals surface area contributed by atoms with Gasteiger partial charge in [0, 0.05) is 11.6 Å². The Bertz CT molecular complexity index is 832. The zero-order chi connectivity index (χ0) is 15.5. The van der Waals surface area contributed by atoms with Crippen molar-refractivity contribution in [1.82, 2.24) is 4.98 Å². The number of nitriles is 1. The van der Waals surface area contributed by atoms with Gasteiger partial charge in [-0.05, 0) is 24.6 Å². The van der Waals surface area contributed by atoms with E-state index in [-0.39, 0.29) is 10.5 Å². The second kappa shape index (κ2) is 6.03. The molecular formula is C13H12N4O2S2. The van der Waals surface area contributed by atoms with Crippen molar-refractivity contribution in [2.45, 2.75) is 11.8 Å². The van der Waals surface area contributed by atoms with E-state index >= 15 is 0 Å². The van der Waals surface area contributed by atoms with Crippen LogP contribution in [0.1, 0.15) is 16.8 Å². The summed E-state index contributed by atoms with van der Waals surface area (Å²) in [5.74, 6) is 0. The van der Waals surface area contributed by atoms with E-state index in [9.17, 15) is 8.42 Å². The van der Waals surface area contributed by atoms with Crippen LogP contribution in [0, 0.1) is 18.3 Å². The van der Waals surface area contributed by atoms with E-state index in [4.69, 9.17) is 5.26 Å². The second-order valence-corrected chi connectivity index (χ2v) is 7.15. The van der Waals surface area contributed by atoms with Crippen molar-refractivity contribution >= 4 is 32.5 Å². The number of aryl methyl sites for hydroxylation is 1. The molecule has 0 bridgehead atoms. The molecule has 1 N–H and O–H groups in total. The highest BCUT2D eigenvalue weighted by atomic mass is 32.2. The first-order chi connectivity index (χ1) is 9.90. The van der Waals surface area contributed by atoms with Gasteiger partial charge in [-0.15, -0.1) is 11.3 Å². The Labute approximate surface area is 126 Å². The van der Waals surface area contributed by atoms with Crippen LogP contribution in [0.25, 0.3) is 0 Å². The van der Waals surface area contributed by atoms with Crippen LogP contribution in [0.2, 0.25) is 0 Å². The Morgan fingerprint density at radius 3 is 2.81 bits per heavy atom. The van der Waals surface area contributed by atoms with Gasteiger partial charge in [0.05, 0.1) is 22.4 Å². The number of nitrogens with zero attached hydrogens (tertiary/aromatic N) is 3. The van der Waals surface area contributed by atoms with Crippen LogP contribution in [0.3, 0.4) is 0 Å². The second-order valence-electron chi connectivity index (χ2n) is 4.30. The first-order valence-electron chi connectivity index (χ1n) is 5.85.